The van der Waals surface area contributed by atoms with Crippen molar-refractivity contribution in [2.24, 2.45) is 0 Å². The lowest BCUT2D eigenvalue weighted by Crippen LogP contribution is -2.53. The number of ether oxygens (including phenoxy) is 2. The highest BCUT2D eigenvalue weighted by molar-refractivity contribution is 5.89. The number of nitrogens with two attached hydrogens (primary N) is 1. The zero-order valence-electron chi connectivity index (χ0n) is 23.5. The standard InChI is InChI=1S/C35H32N4O4/c36-31-21-22-39(34(41)37-31)32-23-29(30(43-32)24-42-33(40)25-13-5-1-6-14-25)38-35(26-15-7-2-8-16-26,27-17-9-3-10-18-27)28-19-11-4-12-20-28/h1-22,29-30,32,38H,23-24H2,(H2,36,37,41)/t29-,30+,32+/m0/s1. The summed E-state index contributed by atoms with van der Waals surface area (Å²) < 4.78 is 13.7. The molecule has 4 aromatic carbocycles. The molecule has 1 aliphatic rings. The molecule has 1 fully saturated rings. The first-order valence-corrected chi connectivity index (χ1v) is 14.2. The number of nitrogens with one attached hydrogen (secondary N) is 1. The van der Waals surface area contributed by atoms with Crippen molar-refractivity contribution in [2.75, 3.05) is 12.3 Å². The van der Waals surface area contributed by atoms with E-state index in [0.29, 0.717) is 12.0 Å². The minimum atomic E-state index is -0.793. The van der Waals surface area contributed by atoms with Crippen molar-refractivity contribution in [3.05, 3.63) is 166 Å². The van der Waals surface area contributed by atoms with Gasteiger partial charge in [-0.15, -0.1) is 0 Å². The van der Waals surface area contributed by atoms with Crippen LogP contribution in [0.2, 0.25) is 0 Å². The van der Waals surface area contributed by atoms with E-state index in [1.165, 1.54) is 4.57 Å². The minimum Gasteiger partial charge on any atom is -0.459 e. The maximum Gasteiger partial charge on any atom is 0.351 e. The molecule has 0 amide bonds. The van der Waals surface area contributed by atoms with E-state index in [0.717, 1.165) is 16.7 Å². The van der Waals surface area contributed by atoms with Gasteiger partial charge in [0.2, 0.25) is 0 Å². The van der Waals surface area contributed by atoms with Gasteiger partial charge in [-0.05, 0) is 34.9 Å². The first-order valence-electron chi connectivity index (χ1n) is 14.2. The summed E-state index contributed by atoms with van der Waals surface area (Å²) >= 11 is 0. The minimum absolute atomic E-state index is 0.0203. The molecule has 0 bridgehead atoms. The van der Waals surface area contributed by atoms with Crippen molar-refractivity contribution in [3.63, 3.8) is 0 Å². The van der Waals surface area contributed by atoms with E-state index in [2.05, 4.69) is 46.7 Å². The molecular formula is C35H32N4O4. The number of nitrogens with zero attached hydrogens (tertiary/aromatic N) is 2. The van der Waals surface area contributed by atoms with Crippen LogP contribution >= 0.6 is 0 Å². The molecule has 0 unspecified atom stereocenters. The first kappa shape index (κ1) is 28.1. The number of benzene rings is 4. The van der Waals surface area contributed by atoms with Crippen LogP contribution in [0.3, 0.4) is 0 Å². The zero-order chi connectivity index (χ0) is 29.6. The van der Waals surface area contributed by atoms with E-state index in [1.807, 2.05) is 60.7 Å². The van der Waals surface area contributed by atoms with Crippen LogP contribution in [0.5, 0.6) is 0 Å². The van der Waals surface area contributed by atoms with Crippen LogP contribution in [0.1, 0.15) is 39.7 Å². The number of hydrogen-bond acceptors (Lipinski definition) is 7. The summed E-state index contributed by atoms with van der Waals surface area (Å²) in [6.07, 6.45) is 0.757. The Hall–Kier alpha value is -5.05. The number of anilines is 1. The maximum atomic E-state index is 12.9. The molecule has 5 aromatic rings. The highest BCUT2D eigenvalue weighted by Crippen LogP contribution is 2.40. The molecule has 43 heavy (non-hydrogen) atoms. The van der Waals surface area contributed by atoms with Gasteiger partial charge >= 0.3 is 11.7 Å². The molecule has 0 spiro atoms. The molecule has 216 valence electrons. The van der Waals surface area contributed by atoms with Crippen molar-refractivity contribution in [1.29, 1.82) is 0 Å². The molecule has 3 N–H and O–H groups in total. The third-order valence-electron chi connectivity index (χ3n) is 7.81. The molecule has 8 nitrogen and oxygen atoms in total. The molecule has 3 atom stereocenters. The number of esters is 1. The van der Waals surface area contributed by atoms with Crippen LogP contribution in [0.15, 0.2) is 138 Å². The lowest BCUT2D eigenvalue weighted by molar-refractivity contribution is -0.0388. The summed E-state index contributed by atoms with van der Waals surface area (Å²) in [6.45, 7) is -0.0203. The average molecular weight is 573 g/mol. The van der Waals surface area contributed by atoms with E-state index in [9.17, 15) is 9.59 Å². The van der Waals surface area contributed by atoms with Gasteiger partial charge in [-0.3, -0.25) is 9.88 Å². The van der Waals surface area contributed by atoms with Gasteiger partial charge in [-0.2, -0.15) is 4.98 Å². The monoisotopic (exact) mass is 572 g/mol. The quantitative estimate of drug-likeness (QED) is 0.191. The van der Waals surface area contributed by atoms with Gasteiger partial charge in [0, 0.05) is 18.7 Å². The molecule has 1 aliphatic heterocycles. The van der Waals surface area contributed by atoms with Crippen LogP contribution in [0.25, 0.3) is 0 Å². The largest absolute Gasteiger partial charge is 0.459 e. The number of hydrogen-bond donors (Lipinski definition) is 2. The zero-order valence-corrected chi connectivity index (χ0v) is 23.5. The molecule has 2 heterocycles. The molecular weight excluding hydrogens is 540 g/mol. The fraction of sp³-hybridized carbons (Fsp3) is 0.171. The normalized spacial score (nSPS) is 18.3. The van der Waals surface area contributed by atoms with Gasteiger partial charge in [-0.1, -0.05) is 109 Å². The van der Waals surface area contributed by atoms with E-state index >= 15 is 0 Å². The lowest BCUT2D eigenvalue weighted by Gasteiger charge is -2.40. The fourth-order valence-corrected chi connectivity index (χ4v) is 5.76. The van der Waals surface area contributed by atoms with Gasteiger partial charge in [0.1, 0.15) is 24.8 Å². The Labute approximate surface area is 249 Å². The van der Waals surface area contributed by atoms with E-state index < -0.39 is 29.5 Å². The predicted octanol–water partition coefficient (Wildman–Crippen LogP) is 4.92. The van der Waals surface area contributed by atoms with Crippen molar-refractivity contribution >= 4 is 11.8 Å². The van der Waals surface area contributed by atoms with Crippen LogP contribution in [0, 0.1) is 0 Å². The fourth-order valence-electron chi connectivity index (χ4n) is 5.76. The van der Waals surface area contributed by atoms with Crippen LogP contribution < -0.4 is 16.7 Å². The third kappa shape index (κ3) is 5.83. The van der Waals surface area contributed by atoms with Crippen molar-refractivity contribution in [3.8, 4) is 0 Å². The Morgan fingerprint density at radius 2 is 1.35 bits per heavy atom. The number of carbonyl (C=O) groups excluding carboxylic acids is 1. The molecule has 1 aromatic heterocycles. The SMILES string of the molecule is Nc1ccn([C@H]2C[C@H](NC(c3ccccc3)(c3ccccc3)c3ccccc3)[C@@H](COC(=O)c3ccccc3)O2)c(=O)n1. The van der Waals surface area contributed by atoms with Gasteiger partial charge < -0.3 is 15.2 Å². The number of nitrogen functional groups attached to an aromatic ring is 1. The lowest BCUT2D eigenvalue weighted by atomic mass is 9.76. The van der Waals surface area contributed by atoms with Gasteiger partial charge in [-0.25, -0.2) is 9.59 Å². The Balaban J connectivity index is 1.42. The average Bonchev–Trinajstić information content (AvgIpc) is 3.46. The van der Waals surface area contributed by atoms with Crippen molar-refractivity contribution < 1.29 is 14.3 Å². The molecule has 1 saturated heterocycles. The summed E-state index contributed by atoms with van der Waals surface area (Å²) in [5.41, 5.74) is 8.00. The van der Waals surface area contributed by atoms with Crippen LogP contribution in [-0.4, -0.2) is 34.3 Å². The first-order chi connectivity index (χ1) is 21.0. The molecule has 0 aliphatic carbocycles. The second kappa shape index (κ2) is 12.4. The smallest absolute Gasteiger partial charge is 0.351 e. The van der Waals surface area contributed by atoms with E-state index in [1.54, 1.807) is 36.5 Å². The highest BCUT2D eigenvalue weighted by Gasteiger charge is 2.45. The number of rotatable bonds is 9. The van der Waals surface area contributed by atoms with Gasteiger partial charge in [0.05, 0.1) is 11.1 Å². The summed E-state index contributed by atoms with van der Waals surface area (Å²) in [5, 5.41) is 3.95. The van der Waals surface area contributed by atoms with E-state index in [-0.39, 0.29) is 18.5 Å². The summed E-state index contributed by atoms with van der Waals surface area (Å²) in [5.74, 6) is -0.309. The molecule has 0 radical (unpaired) electrons. The van der Waals surface area contributed by atoms with Gasteiger partial charge in [0.15, 0.2) is 0 Å². The Morgan fingerprint density at radius 1 is 0.837 bits per heavy atom. The Morgan fingerprint density at radius 3 is 1.86 bits per heavy atom. The molecule has 8 heteroatoms. The number of carbonyl (C=O) groups is 1. The Bertz CT molecular complexity index is 1620. The highest BCUT2D eigenvalue weighted by atomic mass is 16.6. The summed E-state index contributed by atoms with van der Waals surface area (Å²) in [7, 11) is 0. The predicted molar refractivity (Wildman–Crippen MR) is 164 cm³/mol. The molecule has 6 rings (SSSR count). The van der Waals surface area contributed by atoms with E-state index in [4.69, 9.17) is 15.2 Å². The maximum absolute atomic E-state index is 12.9. The molecule has 0 saturated carbocycles. The third-order valence-corrected chi connectivity index (χ3v) is 7.81. The van der Waals surface area contributed by atoms with Crippen molar-refractivity contribution in [1.82, 2.24) is 14.9 Å². The topological polar surface area (TPSA) is 108 Å². The second-order valence-corrected chi connectivity index (χ2v) is 10.5. The summed E-state index contributed by atoms with van der Waals surface area (Å²) in [4.78, 5) is 29.6. The number of aromatic nitrogens is 2. The van der Waals surface area contributed by atoms with Crippen LogP contribution in [-0.2, 0) is 15.0 Å². The second-order valence-electron chi connectivity index (χ2n) is 10.5. The Kier molecular flexibility index (Phi) is 8.13. The van der Waals surface area contributed by atoms with Crippen molar-refractivity contribution in [2.45, 2.75) is 30.3 Å². The van der Waals surface area contributed by atoms with Gasteiger partial charge in [0.25, 0.3) is 0 Å². The summed E-state index contributed by atoms with van der Waals surface area (Å²) in [6, 6.07) is 40.7. The van der Waals surface area contributed by atoms with Crippen LogP contribution in [0.4, 0.5) is 5.82 Å².